The molecule has 0 aromatic carbocycles. The van der Waals surface area contributed by atoms with Gasteiger partial charge in [-0.3, -0.25) is 0 Å². The number of methoxy groups -OCH3 is 1. The van der Waals surface area contributed by atoms with E-state index in [4.69, 9.17) is 34.8 Å². The maximum atomic E-state index is 12.3. The van der Waals surface area contributed by atoms with Gasteiger partial charge in [0.1, 0.15) is 15.9 Å². The van der Waals surface area contributed by atoms with Crippen LogP contribution < -0.4 is 4.74 Å². The summed E-state index contributed by atoms with van der Waals surface area (Å²) in [6.07, 6.45) is -4.54. The number of ether oxygens (including phenoxy) is 2. The molecule has 0 saturated carbocycles. The van der Waals surface area contributed by atoms with Crippen LogP contribution >= 0.6 is 46.1 Å². The standard InChI is InChI=1S/C10H6Cl3F3N2O3S/c1-20-6(19)5-3-4(18-8(17-3)10(11,12)13)7(22-5)21-2-9(14,15)16/h2H2,1H3,(H,17,18). The third kappa shape index (κ3) is 3.70. The molecule has 0 bridgehead atoms. The highest BCUT2D eigenvalue weighted by Gasteiger charge is 2.33. The van der Waals surface area contributed by atoms with Crippen LogP contribution in [0.25, 0.3) is 11.0 Å². The molecule has 122 valence electrons. The molecular weight excluding hydrogens is 392 g/mol. The minimum absolute atomic E-state index is 0.00958. The average Bonchev–Trinajstić information content (AvgIpc) is 2.92. The number of carbonyl (C=O) groups excluding carboxylic acids is 1. The van der Waals surface area contributed by atoms with Crippen molar-refractivity contribution >= 4 is 63.1 Å². The summed E-state index contributed by atoms with van der Waals surface area (Å²) in [5.74, 6) is -0.948. The van der Waals surface area contributed by atoms with E-state index in [9.17, 15) is 18.0 Å². The minimum Gasteiger partial charge on any atom is -0.473 e. The van der Waals surface area contributed by atoms with Crippen LogP contribution in [-0.2, 0) is 8.53 Å². The second-order valence-electron chi connectivity index (χ2n) is 3.92. The van der Waals surface area contributed by atoms with Gasteiger partial charge in [-0.1, -0.05) is 46.1 Å². The first-order chi connectivity index (χ1) is 10.0. The molecule has 0 fully saturated rings. The number of carbonyl (C=O) groups is 1. The molecule has 0 aliphatic rings. The highest BCUT2D eigenvalue weighted by Crippen LogP contribution is 2.42. The predicted molar refractivity (Wildman–Crippen MR) is 76.1 cm³/mol. The molecule has 2 heterocycles. The number of fused-ring (bicyclic) bond motifs is 1. The number of nitrogens with zero attached hydrogens (tertiary/aromatic N) is 1. The largest absolute Gasteiger partial charge is 0.473 e. The summed E-state index contributed by atoms with van der Waals surface area (Å²) in [6, 6.07) is 0. The number of halogens is 6. The van der Waals surface area contributed by atoms with Crippen molar-refractivity contribution in [3.05, 3.63) is 10.7 Å². The van der Waals surface area contributed by atoms with Crippen LogP contribution in [0, 0.1) is 0 Å². The first kappa shape index (κ1) is 17.5. The van der Waals surface area contributed by atoms with Gasteiger partial charge in [0.25, 0.3) is 0 Å². The average molecular weight is 398 g/mol. The molecular formula is C10H6Cl3F3N2O3S. The molecule has 0 amide bonds. The molecule has 0 spiro atoms. The molecule has 2 aromatic rings. The van der Waals surface area contributed by atoms with Crippen LogP contribution in [0.15, 0.2) is 0 Å². The number of rotatable bonds is 3. The fraction of sp³-hybridized carbons (Fsp3) is 0.400. The van der Waals surface area contributed by atoms with E-state index in [2.05, 4.69) is 19.4 Å². The Hall–Kier alpha value is -0.900. The summed E-state index contributed by atoms with van der Waals surface area (Å²) < 4.78 is 44.1. The smallest absolute Gasteiger partial charge is 0.422 e. The van der Waals surface area contributed by atoms with Crippen LogP contribution in [0.2, 0.25) is 0 Å². The van der Waals surface area contributed by atoms with Crippen molar-refractivity contribution in [2.45, 2.75) is 9.97 Å². The lowest BCUT2D eigenvalue weighted by atomic mass is 10.4. The Labute approximate surface area is 140 Å². The van der Waals surface area contributed by atoms with Crippen LogP contribution in [0.4, 0.5) is 13.2 Å². The highest BCUT2D eigenvalue weighted by atomic mass is 35.6. The Balaban J connectivity index is 2.51. The van der Waals surface area contributed by atoms with Crippen molar-refractivity contribution < 1.29 is 27.4 Å². The van der Waals surface area contributed by atoms with Gasteiger partial charge in [-0.15, -0.1) is 0 Å². The fourth-order valence-corrected chi connectivity index (χ4v) is 2.72. The van der Waals surface area contributed by atoms with E-state index < -0.39 is 22.5 Å². The third-order valence-electron chi connectivity index (χ3n) is 2.32. The lowest BCUT2D eigenvalue weighted by Crippen LogP contribution is -2.18. The van der Waals surface area contributed by atoms with Crippen LogP contribution in [0.3, 0.4) is 0 Å². The Morgan fingerprint density at radius 2 is 2.00 bits per heavy atom. The van der Waals surface area contributed by atoms with E-state index in [0.29, 0.717) is 11.3 Å². The highest BCUT2D eigenvalue weighted by molar-refractivity contribution is 7.17. The summed E-state index contributed by atoms with van der Waals surface area (Å²) in [7, 11) is 1.12. The molecule has 0 saturated heterocycles. The summed E-state index contributed by atoms with van der Waals surface area (Å²) in [4.78, 5) is 18.1. The number of H-pyrrole nitrogens is 1. The Bertz CT molecular complexity index is 708. The SMILES string of the molecule is COC(=O)c1sc(OCC(F)(F)F)c2[nH]c(C(Cl)(Cl)Cl)nc12. The van der Waals surface area contributed by atoms with E-state index in [1.807, 2.05) is 0 Å². The van der Waals surface area contributed by atoms with Gasteiger partial charge in [-0.2, -0.15) is 13.2 Å². The zero-order valence-electron chi connectivity index (χ0n) is 10.6. The van der Waals surface area contributed by atoms with Gasteiger partial charge in [-0.25, -0.2) is 9.78 Å². The first-order valence-electron chi connectivity index (χ1n) is 5.40. The number of thiophene rings is 1. The zero-order valence-corrected chi connectivity index (χ0v) is 13.6. The van der Waals surface area contributed by atoms with Gasteiger partial charge >= 0.3 is 12.1 Å². The van der Waals surface area contributed by atoms with Crippen molar-refractivity contribution in [2.75, 3.05) is 13.7 Å². The second-order valence-corrected chi connectivity index (χ2v) is 7.19. The summed E-state index contributed by atoms with van der Waals surface area (Å²) in [5.41, 5.74) is 0.0336. The van der Waals surface area contributed by atoms with Crippen LogP contribution in [0.1, 0.15) is 15.5 Å². The van der Waals surface area contributed by atoms with Crippen molar-refractivity contribution in [3.63, 3.8) is 0 Å². The maximum Gasteiger partial charge on any atom is 0.422 e. The molecule has 0 aliphatic carbocycles. The molecule has 0 aliphatic heterocycles. The van der Waals surface area contributed by atoms with E-state index >= 15 is 0 Å². The summed E-state index contributed by atoms with van der Waals surface area (Å²) in [5, 5.41) is -0.208. The van der Waals surface area contributed by atoms with Crippen molar-refractivity contribution in [2.24, 2.45) is 0 Å². The molecule has 12 heteroatoms. The predicted octanol–water partition coefficient (Wildman–Crippen LogP) is 4.18. The van der Waals surface area contributed by atoms with Gasteiger partial charge in [0.05, 0.1) is 7.11 Å². The Morgan fingerprint density at radius 1 is 1.36 bits per heavy atom. The number of esters is 1. The molecule has 0 unspecified atom stereocenters. The molecule has 5 nitrogen and oxygen atoms in total. The van der Waals surface area contributed by atoms with Crippen molar-refractivity contribution in [1.29, 1.82) is 0 Å². The minimum atomic E-state index is -4.54. The quantitative estimate of drug-likeness (QED) is 0.623. The molecule has 2 aromatic heterocycles. The van der Waals surface area contributed by atoms with Gasteiger partial charge in [0.2, 0.25) is 8.86 Å². The number of nitrogens with one attached hydrogen (secondary N) is 1. The van der Waals surface area contributed by atoms with Gasteiger partial charge in [0, 0.05) is 0 Å². The van der Waals surface area contributed by atoms with E-state index in [1.54, 1.807) is 0 Å². The number of alkyl halides is 6. The van der Waals surface area contributed by atoms with Crippen molar-refractivity contribution in [1.82, 2.24) is 9.97 Å². The van der Waals surface area contributed by atoms with Crippen LogP contribution in [0.5, 0.6) is 5.06 Å². The first-order valence-corrected chi connectivity index (χ1v) is 7.35. The zero-order chi connectivity index (χ0) is 16.7. The molecule has 1 N–H and O–H groups in total. The second kappa shape index (κ2) is 5.95. The molecule has 0 atom stereocenters. The number of aromatic nitrogens is 2. The lowest BCUT2D eigenvalue weighted by molar-refractivity contribution is -0.152. The molecule has 0 radical (unpaired) electrons. The normalized spacial score (nSPS) is 12.7. The number of hydrogen-bond acceptors (Lipinski definition) is 5. The van der Waals surface area contributed by atoms with Gasteiger partial charge in [0.15, 0.2) is 12.4 Å². The Kier molecular flexibility index (Phi) is 4.72. The van der Waals surface area contributed by atoms with E-state index in [-0.39, 0.29) is 26.8 Å². The van der Waals surface area contributed by atoms with Crippen molar-refractivity contribution in [3.8, 4) is 5.06 Å². The fourth-order valence-electron chi connectivity index (χ4n) is 1.49. The number of aromatic amines is 1. The van der Waals surface area contributed by atoms with Crippen LogP contribution in [-0.4, -0.2) is 35.8 Å². The summed E-state index contributed by atoms with van der Waals surface area (Å²) >= 11 is 17.6. The maximum absolute atomic E-state index is 12.3. The lowest BCUT2D eigenvalue weighted by Gasteiger charge is -2.07. The monoisotopic (exact) mass is 396 g/mol. The van der Waals surface area contributed by atoms with Gasteiger partial charge < -0.3 is 14.5 Å². The molecule has 22 heavy (non-hydrogen) atoms. The summed E-state index contributed by atoms with van der Waals surface area (Å²) in [6.45, 7) is -1.54. The molecule has 2 rings (SSSR count). The van der Waals surface area contributed by atoms with E-state index in [0.717, 1.165) is 7.11 Å². The number of hydrogen-bond donors (Lipinski definition) is 1. The Morgan fingerprint density at radius 3 is 2.50 bits per heavy atom. The van der Waals surface area contributed by atoms with Gasteiger partial charge in [-0.05, 0) is 0 Å². The number of imidazole rings is 1. The third-order valence-corrected chi connectivity index (χ3v) is 3.93. The van der Waals surface area contributed by atoms with E-state index in [1.165, 1.54) is 0 Å². The topological polar surface area (TPSA) is 64.2 Å².